The van der Waals surface area contributed by atoms with E-state index in [4.69, 9.17) is 9.84 Å². The standard InChI is InChI=1S/C11H11FO3/c12-9-3-1-2-7(4-9)10(11(13)14)8-5-15-6-8/h1-4,8,10H,5-6H2,(H,13,14). The van der Waals surface area contributed by atoms with Crippen molar-refractivity contribution in [3.05, 3.63) is 35.6 Å². The molecule has 0 aromatic heterocycles. The summed E-state index contributed by atoms with van der Waals surface area (Å²) in [4.78, 5) is 11.1. The van der Waals surface area contributed by atoms with Crippen LogP contribution in [0.1, 0.15) is 11.5 Å². The van der Waals surface area contributed by atoms with Crippen LogP contribution in [0.5, 0.6) is 0 Å². The van der Waals surface area contributed by atoms with Gasteiger partial charge >= 0.3 is 5.97 Å². The first kappa shape index (κ1) is 10.1. The SMILES string of the molecule is O=C(O)C(c1cccc(F)c1)C1COC1. The third-order valence-electron chi connectivity index (χ3n) is 2.61. The summed E-state index contributed by atoms with van der Waals surface area (Å²) < 4.78 is 17.9. The molecule has 2 rings (SSSR count). The fourth-order valence-corrected chi connectivity index (χ4v) is 1.76. The number of carboxylic acids is 1. The molecule has 80 valence electrons. The lowest BCUT2D eigenvalue weighted by molar-refractivity contribution is -0.146. The Morgan fingerprint density at radius 2 is 2.27 bits per heavy atom. The number of halogens is 1. The second-order valence-electron chi connectivity index (χ2n) is 3.67. The third kappa shape index (κ3) is 1.99. The van der Waals surface area contributed by atoms with Crippen molar-refractivity contribution in [2.75, 3.05) is 13.2 Å². The Bertz CT molecular complexity index is 374. The molecule has 0 aliphatic carbocycles. The van der Waals surface area contributed by atoms with Crippen LogP contribution in [0.2, 0.25) is 0 Å². The molecule has 0 saturated carbocycles. The van der Waals surface area contributed by atoms with Crippen LogP contribution in [0, 0.1) is 11.7 Å². The van der Waals surface area contributed by atoms with E-state index >= 15 is 0 Å². The van der Waals surface area contributed by atoms with Gasteiger partial charge in [-0.1, -0.05) is 12.1 Å². The van der Waals surface area contributed by atoms with E-state index in [0.717, 1.165) is 0 Å². The Balaban J connectivity index is 2.27. The minimum atomic E-state index is -0.922. The van der Waals surface area contributed by atoms with Gasteiger partial charge in [0.2, 0.25) is 0 Å². The van der Waals surface area contributed by atoms with Crippen LogP contribution in [0.3, 0.4) is 0 Å². The second kappa shape index (κ2) is 3.98. The van der Waals surface area contributed by atoms with Crippen molar-refractivity contribution >= 4 is 5.97 Å². The van der Waals surface area contributed by atoms with Crippen molar-refractivity contribution in [1.82, 2.24) is 0 Å². The third-order valence-corrected chi connectivity index (χ3v) is 2.61. The highest BCUT2D eigenvalue weighted by Crippen LogP contribution is 2.30. The van der Waals surface area contributed by atoms with Gasteiger partial charge in [-0.2, -0.15) is 0 Å². The Hall–Kier alpha value is -1.42. The number of carbonyl (C=O) groups is 1. The zero-order valence-corrected chi connectivity index (χ0v) is 8.02. The number of hydrogen-bond acceptors (Lipinski definition) is 2. The van der Waals surface area contributed by atoms with Crippen LogP contribution >= 0.6 is 0 Å². The topological polar surface area (TPSA) is 46.5 Å². The molecule has 15 heavy (non-hydrogen) atoms. The second-order valence-corrected chi connectivity index (χ2v) is 3.67. The predicted octanol–water partition coefficient (Wildman–Crippen LogP) is 1.64. The Morgan fingerprint density at radius 3 is 2.73 bits per heavy atom. The zero-order valence-electron chi connectivity index (χ0n) is 8.02. The largest absolute Gasteiger partial charge is 0.481 e. The van der Waals surface area contributed by atoms with Gasteiger partial charge in [0.05, 0.1) is 19.1 Å². The smallest absolute Gasteiger partial charge is 0.311 e. The molecule has 4 heteroatoms. The van der Waals surface area contributed by atoms with Crippen LogP contribution in [0.25, 0.3) is 0 Å². The summed E-state index contributed by atoms with van der Waals surface area (Å²) in [6.07, 6.45) is 0. The molecule has 1 heterocycles. The highest BCUT2D eigenvalue weighted by atomic mass is 19.1. The van der Waals surface area contributed by atoms with E-state index in [1.165, 1.54) is 18.2 Å². The molecule has 1 N–H and O–H groups in total. The van der Waals surface area contributed by atoms with Crippen LogP contribution in [0.4, 0.5) is 4.39 Å². The number of rotatable bonds is 3. The fraction of sp³-hybridized carbons (Fsp3) is 0.364. The number of hydrogen-bond donors (Lipinski definition) is 1. The maximum atomic E-state index is 13.0. The van der Waals surface area contributed by atoms with Crippen molar-refractivity contribution in [2.24, 2.45) is 5.92 Å². The van der Waals surface area contributed by atoms with Gasteiger partial charge < -0.3 is 9.84 Å². The van der Waals surface area contributed by atoms with E-state index in [2.05, 4.69) is 0 Å². The van der Waals surface area contributed by atoms with Crippen LogP contribution in [-0.2, 0) is 9.53 Å². The molecule has 1 aliphatic heterocycles. The molecule has 1 atom stereocenters. The molecule has 0 amide bonds. The van der Waals surface area contributed by atoms with E-state index < -0.39 is 17.7 Å². The van der Waals surface area contributed by atoms with Crippen molar-refractivity contribution in [1.29, 1.82) is 0 Å². The van der Waals surface area contributed by atoms with Gasteiger partial charge in [0.1, 0.15) is 5.82 Å². The normalized spacial score (nSPS) is 18.2. The molecule has 1 aliphatic rings. The lowest BCUT2D eigenvalue weighted by Crippen LogP contribution is -2.36. The summed E-state index contributed by atoms with van der Waals surface area (Å²) in [6.45, 7) is 0.876. The Kier molecular flexibility index (Phi) is 2.68. The molecule has 0 radical (unpaired) electrons. The van der Waals surface area contributed by atoms with Gasteiger partial charge in [0.15, 0.2) is 0 Å². The molecule has 0 spiro atoms. The average molecular weight is 210 g/mol. The average Bonchev–Trinajstić information content (AvgIpc) is 2.10. The molecule has 0 bridgehead atoms. The van der Waals surface area contributed by atoms with E-state index in [9.17, 15) is 9.18 Å². The molecule has 3 nitrogen and oxygen atoms in total. The van der Waals surface area contributed by atoms with E-state index in [1.54, 1.807) is 6.07 Å². The molecular weight excluding hydrogens is 199 g/mol. The van der Waals surface area contributed by atoms with Crippen molar-refractivity contribution in [3.63, 3.8) is 0 Å². The van der Waals surface area contributed by atoms with E-state index in [1.807, 2.05) is 0 Å². The highest BCUT2D eigenvalue weighted by Gasteiger charge is 2.34. The fourth-order valence-electron chi connectivity index (χ4n) is 1.76. The maximum Gasteiger partial charge on any atom is 0.311 e. The van der Waals surface area contributed by atoms with Gasteiger partial charge in [0.25, 0.3) is 0 Å². The molecule has 1 unspecified atom stereocenters. The predicted molar refractivity (Wildman–Crippen MR) is 51.1 cm³/mol. The first-order chi connectivity index (χ1) is 7.18. The van der Waals surface area contributed by atoms with Crippen LogP contribution < -0.4 is 0 Å². The lowest BCUT2D eigenvalue weighted by Gasteiger charge is -2.31. The number of ether oxygens (including phenoxy) is 1. The highest BCUT2D eigenvalue weighted by molar-refractivity contribution is 5.76. The minimum absolute atomic E-state index is 0.0377. The van der Waals surface area contributed by atoms with Crippen LogP contribution in [0.15, 0.2) is 24.3 Å². The summed E-state index contributed by atoms with van der Waals surface area (Å²) in [5, 5.41) is 9.07. The van der Waals surface area contributed by atoms with Gasteiger partial charge in [-0.3, -0.25) is 4.79 Å². The summed E-state index contributed by atoms with van der Waals surface area (Å²) in [7, 11) is 0. The van der Waals surface area contributed by atoms with Crippen molar-refractivity contribution < 1.29 is 19.0 Å². The number of carboxylic acid groups (broad SMARTS) is 1. The van der Waals surface area contributed by atoms with Gasteiger partial charge in [-0.25, -0.2) is 4.39 Å². The van der Waals surface area contributed by atoms with E-state index in [-0.39, 0.29) is 5.92 Å². The molecule has 1 saturated heterocycles. The number of aliphatic carboxylic acids is 1. The summed E-state index contributed by atoms with van der Waals surface area (Å²) in [5.74, 6) is -2.02. The monoisotopic (exact) mass is 210 g/mol. The Labute approximate surface area is 86.5 Å². The first-order valence-electron chi connectivity index (χ1n) is 4.74. The quantitative estimate of drug-likeness (QED) is 0.824. The summed E-state index contributed by atoms with van der Waals surface area (Å²) in [6, 6.07) is 5.75. The summed E-state index contributed by atoms with van der Waals surface area (Å²) in [5.41, 5.74) is 0.510. The van der Waals surface area contributed by atoms with Gasteiger partial charge in [0, 0.05) is 5.92 Å². The summed E-state index contributed by atoms with van der Waals surface area (Å²) >= 11 is 0. The zero-order chi connectivity index (χ0) is 10.8. The molecule has 1 fully saturated rings. The molecular formula is C11H11FO3. The van der Waals surface area contributed by atoms with E-state index in [0.29, 0.717) is 18.8 Å². The minimum Gasteiger partial charge on any atom is -0.481 e. The molecule has 1 aromatic rings. The first-order valence-corrected chi connectivity index (χ1v) is 4.74. The van der Waals surface area contributed by atoms with Gasteiger partial charge in [-0.15, -0.1) is 0 Å². The number of benzene rings is 1. The lowest BCUT2D eigenvalue weighted by atomic mass is 9.85. The molecule has 1 aromatic carbocycles. The van der Waals surface area contributed by atoms with Crippen LogP contribution in [-0.4, -0.2) is 24.3 Å². The Morgan fingerprint density at radius 1 is 1.53 bits per heavy atom. The maximum absolute atomic E-state index is 13.0. The van der Waals surface area contributed by atoms with Crippen molar-refractivity contribution in [3.8, 4) is 0 Å². The van der Waals surface area contributed by atoms with Gasteiger partial charge in [-0.05, 0) is 17.7 Å². The van der Waals surface area contributed by atoms with Crippen molar-refractivity contribution in [2.45, 2.75) is 5.92 Å².